The van der Waals surface area contributed by atoms with E-state index in [1.807, 2.05) is 30.3 Å². The molecule has 3 aromatic carbocycles. The molecule has 6 nitrogen and oxygen atoms in total. The molecule has 1 heterocycles. The Morgan fingerprint density at radius 2 is 1.71 bits per heavy atom. The third-order valence-corrected chi connectivity index (χ3v) is 6.40. The topological polar surface area (TPSA) is 75.7 Å². The number of imide groups is 1. The highest BCUT2D eigenvalue weighted by Gasteiger charge is 2.40. The molecule has 0 aromatic heterocycles. The molecule has 34 heavy (non-hydrogen) atoms. The van der Waals surface area contributed by atoms with Gasteiger partial charge in [-0.2, -0.15) is 0 Å². The maximum absolute atomic E-state index is 13.5. The zero-order valence-corrected chi connectivity index (χ0v) is 20.1. The number of nitrogens with one attached hydrogen (secondary N) is 1. The predicted octanol–water partition coefficient (Wildman–Crippen LogP) is 5.81. The number of thioether (sulfide) groups is 1. The van der Waals surface area contributed by atoms with Crippen molar-refractivity contribution in [2.24, 2.45) is 0 Å². The largest absolute Gasteiger partial charge is 0.462 e. The molecule has 8 heteroatoms. The number of esters is 1. The quantitative estimate of drug-likeness (QED) is 0.331. The van der Waals surface area contributed by atoms with Crippen LogP contribution in [0, 0.1) is 6.92 Å². The predicted molar refractivity (Wildman–Crippen MR) is 134 cm³/mol. The maximum atomic E-state index is 13.5. The smallest absolute Gasteiger partial charge is 0.338 e. The van der Waals surface area contributed by atoms with Crippen LogP contribution in [0.25, 0.3) is 0 Å². The fourth-order valence-electron chi connectivity index (χ4n) is 3.46. The van der Waals surface area contributed by atoms with E-state index in [0.717, 1.165) is 9.80 Å². The number of aryl methyl sites for hydroxylation is 1. The van der Waals surface area contributed by atoms with Crippen LogP contribution in [0.4, 0.5) is 11.4 Å². The summed E-state index contributed by atoms with van der Waals surface area (Å²) in [5.74, 6) is -1.32. The van der Waals surface area contributed by atoms with Crippen molar-refractivity contribution in [2.45, 2.75) is 18.7 Å². The Hall–Kier alpha value is -3.55. The van der Waals surface area contributed by atoms with Crippen LogP contribution in [0.5, 0.6) is 0 Å². The number of ether oxygens (including phenoxy) is 1. The van der Waals surface area contributed by atoms with Crippen molar-refractivity contribution >= 4 is 52.5 Å². The van der Waals surface area contributed by atoms with Gasteiger partial charge in [-0.1, -0.05) is 41.6 Å². The SMILES string of the molecule is CCOC(=O)c1ccc(NC2=C(Sc3ccccc3)C(=O)N(c3ccc(Cl)cc3C)C2=O)cc1. The van der Waals surface area contributed by atoms with Gasteiger partial charge in [0.2, 0.25) is 0 Å². The Balaban J connectivity index is 1.70. The fourth-order valence-corrected chi connectivity index (χ4v) is 4.63. The monoisotopic (exact) mass is 492 g/mol. The van der Waals surface area contributed by atoms with E-state index in [9.17, 15) is 14.4 Å². The molecule has 3 aromatic rings. The molecule has 0 atom stereocenters. The molecular formula is C26H21ClN2O4S. The summed E-state index contributed by atoms with van der Waals surface area (Å²) in [6.45, 7) is 3.82. The van der Waals surface area contributed by atoms with Crippen molar-refractivity contribution in [3.63, 3.8) is 0 Å². The van der Waals surface area contributed by atoms with Gasteiger partial charge >= 0.3 is 5.97 Å². The third-order valence-electron chi connectivity index (χ3n) is 5.07. The minimum atomic E-state index is -0.469. The van der Waals surface area contributed by atoms with Crippen molar-refractivity contribution < 1.29 is 19.1 Å². The lowest BCUT2D eigenvalue weighted by molar-refractivity contribution is -0.120. The first-order valence-electron chi connectivity index (χ1n) is 10.6. The van der Waals surface area contributed by atoms with E-state index in [1.165, 1.54) is 11.8 Å². The number of amides is 2. The van der Waals surface area contributed by atoms with Crippen molar-refractivity contribution in [2.75, 3.05) is 16.8 Å². The molecule has 1 N–H and O–H groups in total. The highest BCUT2D eigenvalue weighted by molar-refractivity contribution is 8.04. The maximum Gasteiger partial charge on any atom is 0.338 e. The van der Waals surface area contributed by atoms with Crippen molar-refractivity contribution in [1.29, 1.82) is 0 Å². The highest BCUT2D eigenvalue weighted by atomic mass is 35.5. The van der Waals surface area contributed by atoms with Crippen LogP contribution >= 0.6 is 23.4 Å². The molecule has 0 unspecified atom stereocenters. The van der Waals surface area contributed by atoms with Gasteiger partial charge in [0.1, 0.15) is 10.6 Å². The van der Waals surface area contributed by atoms with Crippen LogP contribution in [-0.4, -0.2) is 24.4 Å². The summed E-state index contributed by atoms with van der Waals surface area (Å²) in [6.07, 6.45) is 0. The van der Waals surface area contributed by atoms with E-state index >= 15 is 0 Å². The van der Waals surface area contributed by atoms with Gasteiger partial charge in [0.15, 0.2) is 0 Å². The van der Waals surface area contributed by atoms with Crippen molar-refractivity contribution in [3.8, 4) is 0 Å². The van der Waals surface area contributed by atoms with Gasteiger partial charge in [-0.05, 0) is 74.0 Å². The summed E-state index contributed by atoms with van der Waals surface area (Å²) in [6, 6.07) is 20.9. The molecule has 1 aliphatic heterocycles. The zero-order chi connectivity index (χ0) is 24.2. The lowest BCUT2D eigenvalue weighted by atomic mass is 10.2. The Morgan fingerprint density at radius 3 is 2.35 bits per heavy atom. The number of nitrogens with zero attached hydrogens (tertiary/aromatic N) is 1. The highest BCUT2D eigenvalue weighted by Crippen LogP contribution is 2.39. The summed E-state index contributed by atoms with van der Waals surface area (Å²) in [4.78, 5) is 41.1. The standard InChI is InChI=1S/C26H21ClN2O4S/c1-3-33-26(32)17-9-12-19(13-10-17)28-22-23(34-20-7-5-4-6-8-20)25(31)29(24(22)30)21-14-11-18(27)15-16(21)2/h4-15,28H,3H2,1-2H3. The first-order valence-corrected chi connectivity index (χ1v) is 11.7. The van der Waals surface area contributed by atoms with Crippen LogP contribution in [0.15, 0.2) is 88.3 Å². The average molecular weight is 493 g/mol. The van der Waals surface area contributed by atoms with Crippen LogP contribution in [0.2, 0.25) is 5.02 Å². The average Bonchev–Trinajstić information content (AvgIpc) is 3.04. The second kappa shape index (κ2) is 10.2. The van der Waals surface area contributed by atoms with E-state index in [1.54, 1.807) is 56.3 Å². The summed E-state index contributed by atoms with van der Waals surface area (Å²) < 4.78 is 5.01. The summed E-state index contributed by atoms with van der Waals surface area (Å²) in [5.41, 5.74) is 2.30. The van der Waals surface area contributed by atoms with Crippen molar-refractivity contribution in [3.05, 3.63) is 99.5 Å². The first kappa shape index (κ1) is 23.6. The van der Waals surface area contributed by atoms with Crippen LogP contribution in [0.3, 0.4) is 0 Å². The Kier molecular flexibility index (Phi) is 7.05. The molecule has 2 amide bonds. The molecule has 0 bridgehead atoms. The van der Waals surface area contributed by atoms with E-state index in [0.29, 0.717) is 27.5 Å². The fraction of sp³-hybridized carbons (Fsp3) is 0.115. The van der Waals surface area contributed by atoms with Gasteiger partial charge in [-0.3, -0.25) is 9.59 Å². The minimum Gasteiger partial charge on any atom is -0.462 e. The number of hydrogen-bond acceptors (Lipinski definition) is 6. The van der Waals surface area contributed by atoms with Gasteiger partial charge in [-0.15, -0.1) is 0 Å². The number of carbonyl (C=O) groups is 3. The van der Waals surface area contributed by atoms with Gasteiger partial charge in [0.25, 0.3) is 11.8 Å². The number of hydrogen-bond donors (Lipinski definition) is 1. The number of carbonyl (C=O) groups excluding carboxylic acids is 3. The van der Waals surface area contributed by atoms with Crippen LogP contribution in [-0.2, 0) is 14.3 Å². The normalized spacial score (nSPS) is 13.4. The van der Waals surface area contributed by atoms with E-state index in [-0.39, 0.29) is 17.2 Å². The lowest BCUT2D eigenvalue weighted by Crippen LogP contribution is -2.33. The van der Waals surface area contributed by atoms with Gasteiger partial charge in [0.05, 0.1) is 17.9 Å². The first-order chi connectivity index (χ1) is 16.4. The summed E-state index contributed by atoms with van der Waals surface area (Å²) in [7, 11) is 0. The molecule has 0 fully saturated rings. The van der Waals surface area contributed by atoms with Gasteiger partial charge < -0.3 is 10.1 Å². The zero-order valence-electron chi connectivity index (χ0n) is 18.5. The third kappa shape index (κ3) is 4.85. The molecule has 172 valence electrons. The molecule has 0 saturated heterocycles. The Labute approximate surface area is 206 Å². The van der Waals surface area contributed by atoms with Crippen LogP contribution < -0.4 is 10.2 Å². The van der Waals surface area contributed by atoms with Gasteiger partial charge in [-0.25, -0.2) is 9.69 Å². The molecular weight excluding hydrogens is 472 g/mol. The van der Waals surface area contributed by atoms with E-state index in [2.05, 4.69) is 5.32 Å². The number of benzene rings is 3. The second-order valence-electron chi connectivity index (χ2n) is 7.42. The number of halogens is 1. The molecule has 0 aliphatic carbocycles. The minimum absolute atomic E-state index is 0.164. The number of rotatable bonds is 7. The molecule has 0 saturated carbocycles. The van der Waals surface area contributed by atoms with E-state index in [4.69, 9.17) is 16.3 Å². The molecule has 0 spiro atoms. The van der Waals surface area contributed by atoms with Crippen LogP contribution in [0.1, 0.15) is 22.8 Å². The summed E-state index contributed by atoms with van der Waals surface area (Å²) in [5, 5.41) is 3.61. The van der Waals surface area contributed by atoms with E-state index < -0.39 is 17.8 Å². The molecule has 4 rings (SSSR count). The Bertz CT molecular complexity index is 1290. The lowest BCUT2D eigenvalue weighted by Gasteiger charge is -2.18. The molecule has 1 aliphatic rings. The summed E-state index contributed by atoms with van der Waals surface area (Å²) >= 11 is 7.29. The number of anilines is 2. The second-order valence-corrected chi connectivity index (χ2v) is 8.94. The Morgan fingerprint density at radius 1 is 1.00 bits per heavy atom. The van der Waals surface area contributed by atoms with Crippen molar-refractivity contribution in [1.82, 2.24) is 0 Å². The van der Waals surface area contributed by atoms with Gasteiger partial charge in [0, 0.05) is 15.6 Å². The molecule has 0 radical (unpaired) electrons.